The van der Waals surface area contributed by atoms with Crippen molar-refractivity contribution in [2.24, 2.45) is 0 Å². The standard InChI is InChI=1S/C18H16BrNO3/c1-20(2)10-14-15(21)8-7-13-17(22)16(23-18(13)14)9-11-3-5-12(19)6-4-11/h3-9,21H,10H2,1-2H3/p+1/b16-9+. The van der Waals surface area contributed by atoms with Crippen molar-refractivity contribution in [1.29, 1.82) is 0 Å². The van der Waals surface area contributed by atoms with Crippen LogP contribution in [0.4, 0.5) is 0 Å². The monoisotopic (exact) mass is 374 g/mol. The number of quaternary nitrogens is 1. The molecule has 0 saturated heterocycles. The molecule has 1 heterocycles. The molecule has 1 aliphatic rings. The van der Waals surface area contributed by atoms with Crippen molar-refractivity contribution < 1.29 is 19.5 Å². The molecule has 1 aliphatic heterocycles. The lowest BCUT2D eigenvalue weighted by molar-refractivity contribution is -0.872. The number of aromatic hydroxyl groups is 1. The molecule has 0 radical (unpaired) electrons. The van der Waals surface area contributed by atoms with Gasteiger partial charge in [0.2, 0.25) is 5.78 Å². The molecular weight excluding hydrogens is 358 g/mol. The summed E-state index contributed by atoms with van der Waals surface area (Å²) in [5, 5.41) is 10.1. The number of fused-ring (bicyclic) bond motifs is 1. The van der Waals surface area contributed by atoms with E-state index < -0.39 is 0 Å². The van der Waals surface area contributed by atoms with Crippen LogP contribution in [0.2, 0.25) is 0 Å². The lowest BCUT2D eigenvalue weighted by Crippen LogP contribution is -3.04. The molecule has 4 nitrogen and oxygen atoms in total. The zero-order chi connectivity index (χ0) is 16.6. The molecule has 0 aromatic heterocycles. The summed E-state index contributed by atoms with van der Waals surface area (Å²) in [5.74, 6) is 0.753. The van der Waals surface area contributed by atoms with Crippen molar-refractivity contribution in [3.8, 4) is 11.5 Å². The van der Waals surface area contributed by atoms with Gasteiger partial charge in [-0.05, 0) is 35.9 Å². The number of nitrogens with one attached hydrogen (secondary N) is 1. The molecular formula is C18H17BrNO3+. The zero-order valence-electron chi connectivity index (χ0n) is 12.9. The largest absolute Gasteiger partial charge is 0.507 e. The Bertz CT molecular complexity index is 795. The van der Waals surface area contributed by atoms with Gasteiger partial charge in [-0.2, -0.15) is 0 Å². The second kappa shape index (κ2) is 6.18. The molecule has 118 valence electrons. The van der Waals surface area contributed by atoms with Crippen LogP contribution in [-0.4, -0.2) is 25.0 Å². The lowest BCUT2D eigenvalue weighted by atomic mass is 10.0. The van der Waals surface area contributed by atoms with E-state index in [9.17, 15) is 9.90 Å². The van der Waals surface area contributed by atoms with E-state index in [0.717, 1.165) is 14.9 Å². The first-order valence-corrected chi connectivity index (χ1v) is 8.08. The first-order chi connectivity index (χ1) is 11.0. The molecule has 0 fully saturated rings. The van der Waals surface area contributed by atoms with Crippen LogP contribution in [0.15, 0.2) is 46.6 Å². The molecule has 2 aromatic carbocycles. The van der Waals surface area contributed by atoms with Crippen LogP contribution in [0, 0.1) is 0 Å². The van der Waals surface area contributed by atoms with Crippen molar-refractivity contribution >= 4 is 27.8 Å². The zero-order valence-corrected chi connectivity index (χ0v) is 14.5. The third kappa shape index (κ3) is 3.16. The average molecular weight is 375 g/mol. The van der Waals surface area contributed by atoms with E-state index in [4.69, 9.17) is 4.74 Å². The van der Waals surface area contributed by atoms with Crippen molar-refractivity contribution in [3.63, 3.8) is 0 Å². The van der Waals surface area contributed by atoms with Crippen LogP contribution in [0.3, 0.4) is 0 Å². The Labute approximate surface area is 143 Å². The summed E-state index contributed by atoms with van der Waals surface area (Å²) in [6.07, 6.45) is 1.72. The Morgan fingerprint density at radius 2 is 1.87 bits per heavy atom. The number of halogens is 1. The maximum absolute atomic E-state index is 12.5. The summed E-state index contributed by atoms with van der Waals surface area (Å²) in [5.41, 5.74) is 2.05. The summed E-state index contributed by atoms with van der Waals surface area (Å²) in [6.45, 7) is 0.577. The number of ketones is 1. The number of Topliss-reactive ketones (excluding diaryl/α,β-unsaturated/α-hetero) is 1. The Balaban J connectivity index is 2.00. The van der Waals surface area contributed by atoms with Crippen molar-refractivity contribution in [2.75, 3.05) is 14.1 Å². The maximum atomic E-state index is 12.5. The van der Waals surface area contributed by atoms with Gasteiger partial charge in [-0.25, -0.2) is 0 Å². The van der Waals surface area contributed by atoms with E-state index in [-0.39, 0.29) is 17.3 Å². The highest BCUT2D eigenvalue weighted by molar-refractivity contribution is 9.10. The van der Waals surface area contributed by atoms with Gasteiger partial charge in [0.25, 0.3) is 0 Å². The molecule has 0 bridgehead atoms. The highest BCUT2D eigenvalue weighted by Crippen LogP contribution is 2.39. The maximum Gasteiger partial charge on any atom is 0.231 e. The van der Waals surface area contributed by atoms with Crippen molar-refractivity contribution in [3.05, 3.63) is 63.3 Å². The summed E-state index contributed by atoms with van der Waals surface area (Å²) >= 11 is 3.38. The molecule has 23 heavy (non-hydrogen) atoms. The van der Waals surface area contributed by atoms with Crippen LogP contribution < -0.4 is 9.64 Å². The molecule has 3 rings (SSSR count). The number of rotatable bonds is 3. The summed E-state index contributed by atoms with van der Waals surface area (Å²) in [6, 6.07) is 10.8. The lowest BCUT2D eigenvalue weighted by Gasteiger charge is -2.11. The third-order valence-corrected chi connectivity index (χ3v) is 4.14. The van der Waals surface area contributed by atoms with Gasteiger partial charge in [0, 0.05) is 4.47 Å². The topological polar surface area (TPSA) is 51.0 Å². The number of hydrogen-bond donors (Lipinski definition) is 2. The van der Waals surface area contributed by atoms with Gasteiger partial charge in [-0.1, -0.05) is 28.1 Å². The number of benzene rings is 2. The van der Waals surface area contributed by atoms with Crippen molar-refractivity contribution in [2.45, 2.75) is 6.54 Å². The molecule has 0 atom stereocenters. The quantitative estimate of drug-likeness (QED) is 0.811. The molecule has 0 saturated carbocycles. The Kier molecular flexibility index (Phi) is 4.24. The Hall–Kier alpha value is -2.11. The van der Waals surface area contributed by atoms with Crippen LogP contribution in [0.5, 0.6) is 11.5 Å². The van der Waals surface area contributed by atoms with Crippen LogP contribution in [0.1, 0.15) is 21.5 Å². The predicted molar refractivity (Wildman–Crippen MR) is 91.7 cm³/mol. The SMILES string of the molecule is C[NH+](C)Cc1c(O)ccc2c1O/C(=C/c1ccc(Br)cc1)C2=O. The number of carbonyl (C=O) groups excluding carboxylic acids is 1. The Morgan fingerprint density at radius 1 is 1.17 bits per heavy atom. The number of carbonyl (C=O) groups is 1. The highest BCUT2D eigenvalue weighted by Gasteiger charge is 2.31. The van der Waals surface area contributed by atoms with Gasteiger partial charge >= 0.3 is 0 Å². The molecule has 2 N–H and O–H groups in total. The van der Waals surface area contributed by atoms with E-state index in [1.165, 1.54) is 0 Å². The van der Waals surface area contributed by atoms with Gasteiger partial charge in [0.05, 0.1) is 25.2 Å². The van der Waals surface area contributed by atoms with Gasteiger partial charge in [-0.3, -0.25) is 4.79 Å². The van der Waals surface area contributed by atoms with E-state index >= 15 is 0 Å². The van der Waals surface area contributed by atoms with E-state index in [1.807, 2.05) is 38.4 Å². The fourth-order valence-electron chi connectivity index (χ4n) is 2.53. The third-order valence-electron chi connectivity index (χ3n) is 3.61. The van der Waals surface area contributed by atoms with E-state index in [1.54, 1.807) is 18.2 Å². The van der Waals surface area contributed by atoms with E-state index in [0.29, 0.717) is 23.4 Å². The number of hydrogen-bond acceptors (Lipinski definition) is 3. The second-order valence-electron chi connectivity index (χ2n) is 5.82. The smallest absolute Gasteiger partial charge is 0.231 e. The van der Waals surface area contributed by atoms with Crippen LogP contribution in [-0.2, 0) is 6.54 Å². The fourth-order valence-corrected chi connectivity index (χ4v) is 2.80. The molecule has 0 aliphatic carbocycles. The molecule has 0 amide bonds. The molecule has 2 aromatic rings. The number of allylic oxidation sites excluding steroid dienone is 1. The summed E-state index contributed by atoms with van der Waals surface area (Å²) < 4.78 is 6.77. The minimum absolute atomic E-state index is 0.155. The van der Waals surface area contributed by atoms with Gasteiger partial charge in [-0.15, -0.1) is 0 Å². The van der Waals surface area contributed by atoms with Crippen LogP contribution >= 0.6 is 15.9 Å². The first kappa shape index (κ1) is 15.8. The Morgan fingerprint density at radius 3 is 2.52 bits per heavy atom. The first-order valence-electron chi connectivity index (χ1n) is 7.29. The summed E-state index contributed by atoms with van der Waals surface area (Å²) in [4.78, 5) is 13.7. The van der Waals surface area contributed by atoms with Gasteiger partial charge in [0.15, 0.2) is 11.5 Å². The number of ether oxygens (including phenoxy) is 1. The molecule has 0 spiro atoms. The average Bonchev–Trinajstić information content (AvgIpc) is 2.81. The van der Waals surface area contributed by atoms with E-state index in [2.05, 4.69) is 15.9 Å². The minimum Gasteiger partial charge on any atom is -0.507 e. The highest BCUT2D eigenvalue weighted by atomic mass is 79.9. The number of phenols is 1. The number of phenolic OH excluding ortho intramolecular Hbond substituents is 1. The van der Waals surface area contributed by atoms with Crippen LogP contribution in [0.25, 0.3) is 6.08 Å². The molecule has 0 unspecified atom stereocenters. The predicted octanol–water partition coefficient (Wildman–Crippen LogP) is 2.42. The minimum atomic E-state index is -0.155. The fraction of sp³-hybridized carbons (Fsp3) is 0.167. The van der Waals surface area contributed by atoms with Gasteiger partial charge in [0.1, 0.15) is 12.3 Å². The molecule has 5 heteroatoms. The van der Waals surface area contributed by atoms with Crippen molar-refractivity contribution in [1.82, 2.24) is 0 Å². The summed E-state index contributed by atoms with van der Waals surface area (Å²) in [7, 11) is 3.96. The second-order valence-corrected chi connectivity index (χ2v) is 6.73. The van der Waals surface area contributed by atoms with Gasteiger partial charge < -0.3 is 14.7 Å². The normalized spacial score (nSPS) is 15.1.